The van der Waals surface area contributed by atoms with Crippen LogP contribution in [-0.2, 0) is 6.61 Å². The van der Waals surface area contributed by atoms with Crippen molar-refractivity contribution in [1.82, 2.24) is 0 Å². The van der Waals surface area contributed by atoms with Gasteiger partial charge in [0.05, 0.1) is 10.5 Å². The molecule has 0 aliphatic rings. The van der Waals surface area contributed by atoms with Gasteiger partial charge in [0.2, 0.25) is 0 Å². The lowest BCUT2D eigenvalue weighted by Crippen LogP contribution is -2.01. The first-order valence-electron chi connectivity index (χ1n) is 6.10. The zero-order chi connectivity index (χ0) is 14.7. The molecular weight excluding hydrogens is 278 g/mol. The Morgan fingerprint density at radius 2 is 1.95 bits per heavy atom. The third-order valence-electron chi connectivity index (χ3n) is 2.97. The summed E-state index contributed by atoms with van der Waals surface area (Å²) in [7, 11) is 0. The van der Waals surface area contributed by atoms with E-state index in [4.69, 9.17) is 16.3 Å². The number of nitro benzene ring substituents is 1. The van der Waals surface area contributed by atoms with Gasteiger partial charge in [0.15, 0.2) is 0 Å². The zero-order valence-electron chi connectivity index (χ0n) is 11.2. The summed E-state index contributed by atoms with van der Waals surface area (Å²) in [6.07, 6.45) is 0. The number of nitrogens with zero attached hydrogens (tertiary/aromatic N) is 1. The van der Waals surface area contributed by atoms with E-state index in [9.17, 15) is 10.1 Å². The molecule has 5 heteroatoms. The molecule has 0 aliphatic heterocycles. The van der Waals surface area contributed by atoms with Gasteiger partial charge in [0.25, 0.3) is 5.69 Å². The monoisotopic (exact) mass is 291 g/mol. The third-order valence-corrected chi connectivity index (χ3v) is 3.20. The van der Waals surface area contributed by atoms with E-state index in [1.807, 2.05) is 32.0 Å². The lowest BCUT2D eigenvalue weighted by atomic mass is 10.1. The number of nitro groups is 1. The number of rotatable bonds is 4. The van der Waals surface area contributed by atoms with Crippen molar-refractivity contribution >= 4 is 17.3 Å². The number of benzene rings is 2. The Bertz CT molecular complexity index is 656. The highest BCUT2D eigenvalue weighted by atomic mass is 35.5. The number of halogens is 1. The molecule has 0 radical (unpaired) electrons. The number of aryl methyl sites for hydroxylation is 2. The Labute approximate surface area is 122 Å². The van der Waals surface area contributed by atoms with E-state index in [2.05, 4.69) is 0 Å². The van der Waals surface area contributed by atoms with Gasteiger partial charge < -0.3 is 4.74 Å². The first-order valence-corrected chi connectivity index (χ1v) is 6.48. The van der Waals surface area contributed by atoms with Gasteiger partial charge in [-0.25, -0.2) is 0 Å². The van der Waals surface area contributed by atoms with Crippen LogP contribution in [0.3, 0.4) is 0 Å². The quantitative estimate of drug-likeness (QED) is 0.618. The zero-order valence-corrected chi connectivity index (χ0v) is 12.0. The fourth-order valence-corrected chi connectivity index (χ4v) is 2.06. The van der Waals surface area contributed by atoms with Gasteiger partial charge in [-0.15, -0.1) is 0 Å². The fourth-order valence-electron chi connectivity index (χ4n) is 1.87. The predicted octanol–water partition coefficient (Wildman–Crippen LogP) is 4.44. The van der Waals surface area contributed by atoms with Gasteiger partial charge in [-0.05, 0) is 43.2 Å². The fraction of sp³-hybridized carbons (Fsp3) is 0.200. The first-order chi connectivity index (χ1) is 9.47. The highest BCUT2D eigenvalue weighted by Crippen LogP contribution is 2.26. The van der Waals surface area contributed by atoms with E-state index in [0.29, 0.717) is 10.6 Å². The average Bonchev–Trinajstić information content (AvgIpc) is 2.39. The molecule has 0 aliphatic carbocycles. The van der Waals surface area contributed by atoms with Crippen molar-refractivity contribution in [2.75, 3.05) is 0 Å². The van der Waals surface area contributed by atoms with E-state index >= 15 is 0 Å². The maximum Gasteiger partial charge on any atom is 0.276 e. The van der Waals surface area contributed by atoms with Crippen LogP contribution in [0.1, 0.15) is 16.7 Å². The van der Waals surface area contributed by atoms with Gasteiger partial charge in [-0.1, -0.05) is 23.7 Å². The summed E-state index contributed by atoms with van der Waals surface area (Å²) in [5.74, 6) is 0.722. The molecule has 0 spiro atoms. The molecule has 0 saturated heterocycles. The highest BCUT2D eigenvalue weighted by Gasteiger charge is 2.14. The van der Waals surface area contributed by atoms with E-state index in [0.717, 1.165) is 16.9 Å². The summed E-state index contributed by atoms with van der Waals surface area (Å²) in [5.41, 5.74) is 2.54. The standard InChI is InChI=1S/C15H14ClNO3/c1-10-3-4-11(2)15(7-10)20-9-12-8-13(16)5-6-14(12)17(18)19/h3-8H,9H2,1-2H3. The number of ether oxygens (including phenoxy) is 1. The van der Waals surface area contributed by atoms with E-state index in [-0.39, 0.29) is 12.3 Å². The van der Waals surface area contributed by atoms with Gasteiger partial charge in [0.1, 0.15) is 12.4 Å². The van der Waals surface area contributed by atoms with Crippen molar-refractivity contribution in [1.29, 1.82) is 0 Å². The van der Waals surface area contributed by atoms with Crippen LogP contribution in [0.25, 0.3) is 0 Å². The van der Waals surface area contributed by atoms with Crippen LogP contribution in [0.5, 0.6) is 5.75 Å². The van der Waals surface area contributed by atoms with Crippen molar-refractivity contribution in [3.05, 3.63) is 68.2 Å². The topological polar surface area (TPSA) is 52.4 Å². The van der Waals surface area contributed by atoms with Crippen molar-refractivity contribution in [2.24, 2.45) is 0 Å². The number of hydrogen-bond acceptors (Lipinski definition) is 3. The maximum absolute atomic E-state index is 11.0. The summed E-state index contributed by atoms with van der Waals surface area (Å²) in [4.78, 5) is 10.5. The van der Waals surface area contributed by atoms with E-state index < -0.39 is 4.92 Å². The van der Waals surface area contributed by atoms with Crippen molar-refractivity contribution in [3.63, 3.8) is 0 Å². The molecule has 2 rings (SSSR count). The van der Waals surface area contributed by atoms with Gasteiger partial charge >= 0.3 is 0 Å². The molecule has 20 heavy (non-hydrogen) atoms. The van der Waals surface area contributed by atoms with Crippen LogP contribution in [0.15, 0.2) is 36.4 Å². The summed E-state index contributed by atoms with van der Waals surface area (Å²) >= 11 is 5.88. The molecule has 2 aromatic rings. The van der Waals surface area contributed by atoms with Gasteiger partial charge in [-0.2, -0.15) is 0 Å². The van der Waals surface area contributed by atoms with Crippen LogP contribution < -0.4 is 4.74 Å². The van der Waals surface area contributed by atoms with Crippen LogP contribution in [0.4, 0.5) is 5.69 Å². The molecular formula is C15H14ClNO3. The molecule has 0 atom stereocenters. The largest absolute Gasteiger partial charge is 0.488 e. The minimum Gasteiger partial charge on any atom is -0.488 e. The first kappa shape index (κ1) is 14.3. The summed E-state index contributed by atoms with van der Waals surface area (Å²) < 4.78 is 5.69. The minimum atomic E-state index is -0.432. The Balaban J connectivity index is 2.24. The van der Waals surface area contributed by atoms with Crippen LogP contribution in [-0.4, -0.2) is 4.92 Å². The Morgan fingerprint density at radius 3 is 2.65 bits per heavy atom. The predicted molar refractivity (Wildman–Crippen MR) is 78.4 cm³/mol. The molecule has 104 valence electrons. The van der Waals surface area contributed by atoms with Crippen molar-refractivity contribution in [2.45, 2.75) is 20.5 Å². The summed E-state index contributed by atoms with van der Waals surface area (Å²) in [6.45, 7) is 4.01. The lowest BCUT2D eigenvalue weighted by molar-refractivity contribution is -0.385. The molecule has 0 bridgehead atoms. The third kappa shape index (κ3) is 3.27. The number of hydrogen-bond donors (Lipinski definition) is 0. The molecule has 0 N–H and O–H groups in total. The van der Waals surface area contributed by atoms with Crippen molar-refractivity contribution < 1.29 is 9.66 Å². The lowest BCUT2D eigenvalue weighted by Gasteiger charge is -2.10. The normalized spacial score (nSPS) is 10.3. The minimum absolute atomic E-state index is 0.0136. The van der Waals surface area contributed by atoms with E-state index in [1.54, 1.807) is 6.07 Å². The van der Waals surface area contributed by atoms with Gasteiger partial charge in [0, 0.05) is 11.1 Å². The Kier molecular flexibility index (Phi) is 4.25. The second-order valence-electron chi connectivity index (χ2n) is 4.59. The SMILES string of the molecule is Cc1ccc(C)c(OCc2cc(Cl)ccc2[N+](=O)[O-])c1. The molecule has 2 aromatic carbocycles. The molecule has 0 fully saturated rings. The van der Waals surface area contributed by atoms with Gasteiger partial charge in [-0.3, -0.25) is 10.1 Å². The smallest absolute Gasteiger partial charge is 0.276 e. The summed E-state index contributed by atoms with van der Waals surface area (Å²) in [6, 6.07) is 10.3. The average molecular weight is 292 g/mol. The van der Waals surface area contributed by atoms with Crippen LogP contribution in [0, 0.1) is 24.0 Å². The van der Waals surface area contributed by atoms with E-state index in [1.165, 1.54) is 12.1 Å². The maximum atomic E-state index is 11.0. The Morgan fingerprint density at radius 1 is 1.20 bits per heavy atom. The second-order valence-corrected chi connectivity index (χ2v) is 5.02. The second kappa shape index (κ2) is 5.92. The molecule has 0 aromatic heterocycles. The van der Waals surface area contributed by atoms with Crippen LogP contribution in [0.2, 0.25) is 5.02 Å². The molecule has 0 saturated carbocycles. The highest BCUT2D eigenvalue weighted by molar-refractivity contribution is 6.30. The molecule has 4 nitrogen and oxygen atoms in total. The van der Waals surface area contributed by atoms with Crippen molar-refractivity contribution in [3.8, 4) is 5.75 Å². The summed E-state index contributed by atoms with van der Waals surface area (Å²) in [5, 5.41) is 11.4. The van der Waals surface area contributed by atoms with Crippen LogP contribution >= 0.6 is 11.6 Å². The molecule has 0 amide bonds. The molecule has 0 heterocycles. The molecule has 0 unspecified atom stereocenters. The Hall–Kier alpha value is -2.07.